The van der Waals surface area contributed by atoms with Crippen LogP contribution >= 0.6 is 0 Å². The maximum absolute atomic E-state index is 11.7. The summed E-state index contributed by atoms with van der Waals surface area (Å²) in [4.78, 5) is 11.7. The van der Waals surface area contributed by atoms with Crippen molar-refractivity contribution in [1.29, 1.82) is 0 Å². The van der Waals surface area contributed by atoms with Crippen molar-refractivity contribution < 1.29 is 19.0 Å². The van der Waals surface area contributed by atoms with Crippen LogP contribution in [0.2, 0.25) is 0 Å². The smallest absolute Gasteiger partial charge is 0.203 e. The summed E-state index contributed by atoms with van der Waals surface area (Å²) < 4.78 is 17.2. The molecule has 0 unspecified atom stereocenters. The summed E-state index contributed by atoms with van der Waals surface area (Å²) in [5, 5.41) is 0. The summed E-state index contributed by atoms with van der Waals surface area (Å²) in [5.74, 6) is 2.47. The molecule has 0 saturated carbocycles. The summed E-state index contributed by atoms with van der Waals surface area (Å²) in [5.41, 5.74) is 1.07. The molecular formula is C19H30O4. The van der Waals surface area contributed by atoms with Crippen molar-refractivity contribution in [2.75, 3.05) is 19.8 Å². The van der Waals surface area contributed by atoms with E-state index in [1.807, 2.05) is 39.8 Å². The van der Waals surface area contributed by atoms with Crippen LogP contribution < -0.4 is 14.2 Å². The Kier molecular flexibility index (Phi) is 9.18. The number of ketones is 1. The Hall–Kier alpha value is -1.71. The average Bonchev–Trinajstić information content (AvgIpc) is 2.53. The number of ether oxygens (including phenoxy) is 3. The molecule has 0 radical (unpaired) electrons. The van der Waals surface area contributed by atoms with Crippen molar-refractivity contribution in [2.24, 2.45) is 0 Å². The Morgan fingerprint density at radius 1 is 0.870 bits per heavy atom. The normalized spacial score (nSPS) is 10.4. The lowest BCUT2D eigenvalue weighted by Crippen LogP contribution is -2.05. The summed E-state index contributed by atoms with van der Waals surface area (Å²) >= 11 is 0. The molecule has 0 heterocycles. The lowest BCUT2D eigenvalue weighted by atomic mass is 10.0. The number of carbonyl (C=O) groups is 1. The molecule has 0 aromatic heterocycles. The van der Waals surface area contributed by atoms with Gasteiger partial charge in [0.05, 0.1) is 19.8 Å². The van der Waals surface area contributed by atoms with Crippen molar-refractivity contribution in [3.05, 3.63) is 17.7 Å². The summed E-state index contributed by atoms with van der Waals surface area (Å²) in [6.45, 7) is 9.58. The van der Waals surface area contributed by atoms with Crippen molar-refractivity contribution in [3.63, 3.8) is 0 Å². The highest BCUT2D eigenvalue weighted by atomic mass is 16.5. The monoisotopic (exact) mass is 322 g/mol. The first-order chi connectivity index (χ1) is 11.2. The Morgan fingerprint density at radius 3 is 2.13 bits per heavy atom. The molecule has 0 aliphatic carbocycles. The molecule has 4 heteroatoms. The van der Waals surface area contributed by atoms with E-state index in [0.717, 1.165) is 30.6 Å². The summed E-state index contributed by atoms with van der Waals surface area (Å²) in [6.07, 6.45) is 3.85. The highest BCUT2D eigenvalue weighted by Gasteiger charge is 2.17. The van der Waals surface area contributed by atoms with Crippen molar-refractivity contribution in [1.82, 2.24) is 0 Å². The zero-order valence-electron chi connectivity index (χ0n) is 14.9. The molecule has 0 aliphatic rings. The second-order valence-electron chi connectivity index (χ2n) is 5.32. The lowest BCUT2D eigenvalue weighted by molar-refractivity contribution is -0.119. The van der Waals surface area contributed by atoms with Gasteiger partial charge in [-0.2, -0.15) is 0 Å². The van der Waals surface area contributed by atoms with E-state index in [2.05, 4.69) is 0 Å². The molecule has 0 bridgehead atoms. The van der Waals surface area contributed by atoms with Crippen LogP contribution in [0, 0.1) is 0 Å². The Bertz CT molecular complexity index is 483. The quantitative estimate of drug-likeness (QED) is 0.565. The fourth-order valence-electron chi connectivity index (χ4n) is 2.51. The first-order valence-corrected chi connectivity index (χ1v) is 8.73. The van der Waals surface area contributed by atoms with E-state index in [-0.39, 0.29) is 0 Å². The van der Waals surface area contributed by atoms with Crippen LogP contribution in [-0.4, -0.2) is 25.6 Å². The third-order valence-corrected chi connectivity index (χ3v) is 3.47. The number of hydrogen-bond acceptors (Lipinski definition) is 4. The third kappa shape index (κ3) is 6.12. The fourth-order valence-corrected chi connectivity index (χ4v) is 2.51. The van der Waals surface area contributed by atoms with E-state index in [1.165, 1.54) is 0 Å². The van der Waals surface area contributed by atoms with Gasteiger partial charge in [0.2, 0.25) is 5.75 Å². The first-order valence-electron chi connectivity index (χ1n) is 8.73. The van der Waals surface area contributed by atoms with Gasteiger partial charge in [0, 0.05) is 12.8 Å². The fraction of sp³-hybridized carbons (Fsp3) is 0.632. The van der Waals surface area contributed by atoms with E-state index in [1.54, 1.807) is 0 Å². The van der Waals surface area contributed by atoms with Crippen molar-refractivity contribution in [2.45, 2.75) is 59.8 Å². The molecular weight excluding hydrogens is 292 g/mol. The molecule has 0 spiro atoms. The number of rotatable bonds is 12. The topological polar surface area (TPSA) is 44.8 Å². The molecule has 1 aromatic carbocycles. The Morgan fingerprint density at radius 2 is 1.52 bits per heavy atom. The maximum Gasteiger partial charge on any atom is 0.203 e. The zero-order chi connectivity index (χ0) is 17.1. The van der Waals surface area contributed by atoms with Crippen LogP contribution in [0.1, 0.15) is 58.9 Å². The lowest BCUT2D eigenvalue weighted by Gasteiger charge is -2.18. The molecule has 1 aromatic rings. The molecule has 0 fully saturated rings. The van der Waals surface area contributed by atoms with Gasteiger partial charge < -0.3 is 14.2 Å². The van der Waals surface area contributed by atoms with Crippen LogP contribution in [-0.2, 0) is 11.2 Å². The first kappa shape index (κ1) is 19.3. The van der Waals surface area contributed by atoms with Gasteiger partial charge in [-0.3, -0.25) is 4.79 Å². The Balaban J connectivity index is 2.92. The van der Waals surface area contributed by atoms with Gasteiger partial charge in [-0.05, 0) is 51.7 Å². The van der Waals surface area contributed by atoms with Gasteiger partial charge in [-0.15, -0.1) is 0 Å². The average molecular weight is 322 g/mol. The largest absolute Gasteiger partial charge is 0.490 e. The zero-order valence-corrected chi connectivity index (χ0v) is 14.9. The van der Waals surface area contributed by atoms with E-state index >= 15 is 0 Å². The van der Waals surface area contributed by atoms with Crippen molar-refractivity contribution >= 4 is 5.78 Å². The minimum Gasteiger partial charge on any atom is -0.490 e. The molecule has 0 saturated heterocycles. The minimum atomic E-state index is 0.335. The number of Topliss-reactive ketones (excluding diaryl/α,β-unsaturated/α-hetero) is 1. The van der Waals surface area contributed by atoms with Gasteiger partial charge in [0.15, 0.2) is 11.5 Å². The van der Waals surface area contributed by atoms with Crippen LogP contribution in [0.3, 0.4) is 0 Å². The standard InChI is InChI=1S/C19H30O4/c1-5-10-16(20)12-9-11-15-13-14-17(21-6-2)19(23-8-4)18(15)22-7-3/h13-14H,5-12H2,1-4H3. The van der Waals surface area contributed by atoms with Gasteiger partial charge in [0.25, 0.3) is 0 Å². The number of carbonyl (C=O) groups excluding carboxylic acids is 1. The molecule has 1 rings (SSSR count). The molecule has 130 valence electrons. The van der Waals surface area contributed by atoms with Crippen LogP contribution in [0.5, 0.6) is 17.2 Å². The second kappa shape index (κ2) is 10.9. The second-order valence-corrected chi connectivity index (χ2v) is 5.32. The highest BCUT2D eigenvalue weighted by Crippen LogP contribution is 2.41. The molecule has 23 heavy (non-hydrogen) atoms. The molecule has 4 nitrogen and oxygen atoms in total. The maximum atomic E-state index is 11.7. The van der Waals surface area contributed by atoms with E-state index in [0.29, 0.717) is 49.9 Å². The van der Waals surface area contributed by atoms with Gasteiger partial charge in [-0.25, -0.2) is 0 Å². The minimum absolute atomic E-state index is 0.335. The van der Waals surface area contributed by atoms with E-state index in [9.17, 15) is 4.79 Å². The van der Waals surface area contributed by atoms with E-state index < -0.39 is 0 Å². The Labute approximate surface area is 140 Å². The predicted molar refractivity (Wildman–Crippen MR) is 92.8 cm³/mol. The summed E-state index contributed by atoms with van der Waals surface area (Å²) in [6, 6.07) is 3.95. The van der Waals surface area contributed by atoms with Gasteiger partial charge in [0.1, 0.15) is 5.78 Å². The van der Waals surface area contributed by atoms with Gasteiger partial charge in [-0.1, -0.05) is 13.0 Å². The SMILES string of the molecule is CCCC(=O)CCCc1ccc(OCC)c(OCC)c1OCC. The highest BCUT2D eigenvalue weighted by molar-refractivity contribution is 5.78. The number of hydrogen-bond donors (Lipinski definition) is 0. The van der Waals surface area contributed by atoms with Crippen LogP contribution in [0.15, 0.2) is 12.1 Å². The number of benzene rings is 1. The summed E-state index contributed by atoms with van der Waals surface area (Å²) in [7, 11) is 0. The number of aryl methyl sites for hydroxylation is 1. The van der Waals surface area contributed by atoms with Crippen molar-refractivity contribution in [3.8, 4) is 17.2 Å². The molecule has 0 atom stereocenters. The van der Waals surface area contributed by atoms with Gasteiger partial charge >= 0.3 is 0 Å². The molecule has 0 aliphatic heterocycles. The third-order valence-electron chi connectivity index (χ3n) is 3.47. The van der Waals surface area contributed by atoms with Crippen LogP contribution in [0.4, 0.5) is 0 Å². The molecule has 0 amide bonds. The van der Waals surface area contributed by atoms with E-state index in [4.69, 9.17) is 14.2 Å². The van der Waals surface area contributed by atoms with Crippen LogP contribution in [0.25, 0.3) is 0 Å². The predicted octanol–water partition coefficient (Wildman–Crippen LogP) is 4.57. The molecule has 0 N–H and O–H groups in total.